The summed E-state index contributed by atoms with van der Waals surface area (Å²) in [5, 5.41) is 0.453. The summed E-state index contributed by atoms with van der Waals surface area (Å²) in [7, 11) is 1.50. The van der Waals surface area contributed by atoms with Gasteiger partial charge in [0.25, 0.3) is 0 Å². The lowest BCUT2D eigenvalue weighted by atomic mass is 9.81. The molecule has 2 aliphatic heterocycles. The van der Waals surface area contributed by atoms with Gasteiger partial charge in [-0.2, -0.15) is 0 Å². The number of rotatable bonds is 5. The number of esters is 1. The van der Waals surface area contributed by atoms with Crippen LogP contribution in [-0.2, 0) is 19.2 Å². The number of benzene rings is 2. The summed E-state index contributed by atoms with van der Waals surface area (Å²) in [4.78, 5) is 53.8. The van der Waals surface area contributed by atoms with Gasteiger partial charge >= 0.3 is 5.97 Å². The molecular weight excluding hydrogens is 472 g/mol. The molecule has 3 aliphatic rings. The van der Waals surface area contributed by atoms with Gasteiger partial charge in [0, 0.05) is 18.0 Å². The smallest absolute Gasteiger partial charge is 0.316 e. The zero-order valence-electron chi connectivity index (χ0n) is 19.2. The average molecular weight is 497 g/mol. The zero-order chi connectivity index (χ0) is 24.7. The maximum atomic E-state index is 12.8. The van der Waals surface area contributed by atoms with Crippen molar-refractivity contribution in [3.63, 3.8) is 0 Å². The summed E-state index contributed by atoms with van der Waals surface area (Å²) in [6, 6.07) is 11.3. The third kappa shape index (κ3) is 4.27. The van der Waals surface area contributed by atoms with E-state index in [2.05, 4.69) is 0 Å². The fraction of sp³-hybridized carbons (Fsp3) is 0.385. The molecule has 9 heteroatoms. The number of anilines is 2. The molecule has 35 heavy (non-hydrogen) atoms. The highest BCUT2D eigenvalue weighted by molar-refractivity contribution is 6.31. The number of fused-ring (bicyclic) bond motifs is 1. The minimum atomic E-state index is -0.657. The normalized spacial score (nSPS) is 24.1. The summed E-state index contributed by atoms with van der Waals surface area (Å²) in [5.41, 5.74) is 0.981. The SMILES string of the molecule is COc1ccc(Cl)cc1N1C[C@H](C(=O)Oc2ccc(N3C(=O)[C@H]4CCCC[C@H]4C3=O)cc2)CC1=O. The lowest BCUT2D eigenvalue weighted by Crippen LogP contribution is -2.30. The number of methoxy groups -OCH3 is 1. The van der Waals surface area contributed by atoms with E-state index in [9.17, 15) is 19.2 Å². The molecule has 0 spiro atoms. The second-order valence-corrected chi connectivity index (χ2v) is 9.58. The van der Waals surface area contributed by atoms with Crippen molar-refractivity contribution in [1.29, 1.82) is 0 Å². The van der Waals surface area contributed by atoms with Crippen LogP contribution in [0.2, 0.25) is 5.02 Å². The number of amides is 3. The maximum Gasteiger partial charge on any atom is 0.316 e. The first-order chi connectivity index (χ1) is 16.9. The van der Waals surface area contributed by atoms with E-state index < -0.39 is 11.9 Å². The van der Waals surface area contributed by atoms with Gasteiger partial charge in [0.05, 0.1) is 36.2 Å². The molecule has 2 aromatic rings. The average Bonchev–Trinajstić information content (AvgIpc) is 3.37. The maximum absolute atomic E-state index is 12.8. The molecule has 0 aromatic heterocycles. The number of imide groups is 1. The summed E-state index contributed by atoms with van der Waals surface area (Å²) >= 11 is 6.09. The van der Waals surface area contributed by atoms with Crippen molar-refractivity contribution in [3.05, 3.63) is 47.5 Å². The van der Waals surface area contributed by atoms with Crippen LogP contribution in [0.3, 0.4) is 0 Å². The molecule has 0 radical (unpaired) electrons. The highest BCUT2D eigenvalue weighted by Crippen LogP contribution is 2.40. The molecule has 1 aliphatic carbocycles. The van der Waals surface area contributed by atoms with E-state index in [0.29, 0.717) is 22.1 Å². The summed E-state index contributed by atoms with van der Waals surface area (Å²) < 4.78 is 10.8. The van der Waals surface area contributed by atoms with Crippen LogP contribution in [0.4, 0.5) is 11.4 Å². The summed E-state index contributed by atoms with van der Waals surface area (Å²) in [5.74, 6) is -1.40. The van der Waals surface area contributed by atoms with Gasteiger partial charge in [-0.25, -0.2) is 0 Å². The van der Waals surface area contributed by atoms with Gasteiger partial charge < -0.3 is 14.4 Å². The first kappa shape index (κ1) is 23.4. The molecule has 0 bridgehead atoms. The van der Waals surface area contributed by atoms with Crippen molar-refractivity contribution < 1.29 is 28.7 Å². The molecule has 0 unspecified atom stereocenters. The molecule has 2 heterocycles. The molecule has 8 nitrogen and oxygen atoms in total. The quantitative estimate of drug-likeness (QED) is 0.353. The van der Waals surface area contributed by atoms with Crippen LogP contribution >= 0.6 is 11.6 Å². The molecule has 182 valence electrons. The Labute approximate surface area is 207 Å². The second kappa shape index (κ2) is 9.34. The molecule has 3 fully saturated rings. The molecule has 3 atom stereocenters. The van der Waals surface area contributed by atoms with Gasteiger partial charge in [-0.1, -0.05) is 24.4 Å². The number of hydrogen-bond donors (Lipinski definition) is 0. The number of hydrogen-bond acceptors (Lipinski definition) is 6. The highest BCUT2D eigenvalue weighted by Gasteiger charge is 2.48. The first-order valence-electron chi connectivity index (χ1n) is 11.7. The van der Waals surface area contributed by atoms with E-state index in [1.165, 1.54) is 16.9 Å². The molecule has 0 N–H and O–H groups in total. The third-order valence-electron chi connectivity index (χ3n) is 7.04. The number of carbonyl (C=O) groups is 4. The van der Waals surface area contributed by atoms with Crippen molar-refractivity contribution in [2.24, 2.45) is 17.8 Å². The summed E-state index contributed by atoms with van der Waals surface area (Å²) in [6.45, 7) is 0.145. The fourth-order valence-electron chi connectivity index (χ4n) is 5.25. The molecule has 5 rings (SSSR count). The topological polar surface area (TPSA) is 93.2 Å². The minimum Gasteiger partial charge on any atom is -0.495 e. The van der Waals surface area contributed by atoms with E-state index in [4.69, 9.17) is 21.1 Å². The van der Waals surface area contributed by atoms with Crippen LogP contribution in [0.15, 0.2) is 42.5 Å². The Kier molecular flexibility index (Phi) is 6.23. The predicted molar refractivity (Wildman–Crippen MR) is 128 cm³/mol. The van der Waals surface area contributed by atoms with Crippen LogP contribution in [-0.4, -0.2) is 37.3 Å². The van der Waals surface area contributed by atoms with Crippen molar-refractivity contribution in [3.8, 4) is 11.5 Å². The number of nitrogens with zero attached hydrogens (tertiary/aromatic N) is 2. The van der Waals surface area contributed by atoms with Crippen LogP contribution in [0.25, 0.3) is 0 Å². The number of carbonyl (C=O) groups excluding carboxylic acids is 4. The van der Waals surface area contributed by atoms with Crippen LogP contribution in [0, 0.1) is 17.8 Å². The van der Waals surface area contributed by atoms with Crippen molar-refractivity contribution in [2.45, 2.75) is 32.1 Å². The molecule has 2 saturated heterocycles. The van der Waals surface area contributed by atoms with E-state index >= 15 is 0 Å². The Morgan fingerprint density at radius 3 is 2.26 bits per heavy atom. The van der Waals surface area contributed by atoms with E-state index in [1.807, 2.05) is 0 Å². The fourth-order valence-corrected chi connectivity index (χ4v) is 5.42. The minimum absolute atomic E-state index is 0.00609. The standard InChI is InChI=1S/C26H25ClN2O6/c1-34-22-11-6-16(27)13-21(22)28-14-15(12-23(28)30)26(33)35-18-9-7-17(8-10-18)29-24(31)19-4-2-3-5-20(19)25(29)32/h6-11,13,15,19-20H,2-5,12,14H2,1H3/t15-,19-,20+/m1/s1. The van der Waals surface area contributed by atoms with E-state index in [1.54, 1.807) is 42.5 Å². The Morgan fingerprint density at radius 1 is 0.971 bits per heavy atom. The van der Waals surface area contributed by atoms with Gasteiger partial charge in [-0.3, -0.25) is 24.1 Å². The lowest BCUT2D eigenvalue weighted by molar-refractivity contribution is -0.139. The monoisotopic (exact) mass is 496 g/mol. The Morgan fingerprint density at radius 2 is 1.63 bits per heavy atom. The van der Waals surface area contributed by atoms with Crippen molar-refractivity contribution >= 4 is 46.7 Å². The highest BCUT2D eigenvalue weighted by atomic mass is 35.5. The van der Waals surface area contributed by atoms with Crippen LogP contribution in [0.5, 0.6) is 11.5 Å². The molecule has 1 saturated carbocycles. The van der Waals surface area contributed by atoms with Gasteiger partial charge in [-0.15, -0.1) is 0 Å². The molecular formula is C26H25ClN2O6. The zero-order valence-corrected chi connectivity index (χ0v) is 20.0. The van der Waals surface area contributed by atoms with Gasteiger partial charge in [-0.05, 0) is 55.3 Å². The molecule has 2 aromatic carbocycles. The second-order valence-electron chi connectivity index (χ2n) is 9.15. The first-order valence-corrected chi connectivity index (χ1v) is 12.1. The summed E-state index contributed by atoms with van der Waals surface area (Å²) in [6.07, 6.45) is 3.44. The third-order valence-corrected chi connectivity index (χ3v) is 7.28. The Hall–Kier alpha value is -3.39. The van der Waals surface area contributed by atoms with Gasteiger partial charge in [0.1, 0.15) is 11.5 Å². The largest absolute Gasteiger partial charge is 0.495 e. The number of ether oxygens (including phenoxy) is 2. The predicted octanol–water partition coefficient (Wildman–Crippen LogP) is 3.99. The Bertz CT molecular complexity index is 1170. The Balaban J connectivity index is 1.26. The van der Waals surface area contributed by atoms with Gasteiger partial charge in [0.15, 0.2) is 0 Å². The number of halogens is 1. The van der Waals surface area contributed by atoms with E-state index in [0.717, 1.165) is 25.7 Å². The lowest BCUT2D eigenvalue weighted by Gasteiger charge is -2.19. The van der Waals surface area contributed by atoms with Crippen molar-refractivity contribution in [1.82, 2.24) is 0 Å². The van der Waals surface area contributed by atoms with Crippen molar-refractivity contribution in [2.75, 3.05) is 23.5 Å². The van der Waals surface area contributed by atoms with E-state index in [-0.39, 0.29) is 48.3 Å². The molecule has 3 amide bonds. The van der Waals surface area contributed by atoms with Crippen LogP contribution in [0.1, 0.15) is 32.1 Å². The van der Waals surface area contributed by atoms with Gasteiger partial charge in [0.2, 0.25) is 17.7 Å². The van der Waals surface area contributed by atoms with Crippen LogP contribution < -0.4 is 19.3 Å².